The lowest BCUT2D eigenvalue weighted by Crippen LogP contribution is -2.42. The molecular formula is C17H27BrN2O. The predicted octanol–water partition coefficient (Wildman–Crippen LogP) is 3.81. The summed E-state index contributed by atoms with van der Waals surface area (Å²) in [5, 5.41) is 3.69. The topological polar surface area (TPSA) is 24.5 Å². The van der Waals surface area contributed by atoms with Crippen LogP contribution in [0.3, 0.4) is 0 Å². The van der Waals surface area contributed by atoms with E-state index in [1.165, 1.54) is 50.9 Å². The summed E-state index contributed by atoms with van der Waals surface area (Å²) >= 11 is 3.55. The number of piperidine rings is 1. The summed E-state index contributed by atoms with van der Waals surface area (Å²) < 4.78 is 6.29. The molecule has 0 saturated carbocycles. The maximum Gasteiger partial charge on any atom is 0.133 e. The molecule has 1 heterocycles. The van der Waals surface area contributed by atoms with E-state index in [0.29, 0.717) is 6.04 Å². The largest absolute Gasteiger partial charge is 0.496 e. The van der Waals surface area contributed by atoms with Crippen LogP contribution in [0.4, 0.5) is 0 Å². The molecule has 0 radical (unpaired) electrons. The first-order valence-electron chi connectivity index (χ1n) is 8.01. The minimum Gasteiger partial charge on any atom is -0.496 e. The molecule has 118 valence electrons. The first-order valence-corrected chi connectivity index (χ1v) is 8.80. The number of benzene rings is 1. The zero-order chi connectivity index (χ0) is 15.1. The van der Waals surface area contributed by atoms with E-state index in [4.69, 9.17) is 4.74 Å². The summed E-state index contributed by atoms with van der Waals surface area (Å²) in [7, 11) is 1.70. The Morgan fingerprint density at radius 2 is 2.10 bits per heavy atom. The second-order valence-corrected chi connectivity index (χ2v) is 6.67. The van der Waals surface area contributed by atoms with Crippen LogP contribution in [0, 0.1) is 0 Å². The van der Waals surface area contributed by atoms with Crippen molar-refractivity contribution >= 4 is 15.9 Å². The quantitative estimate of drug-likeness (QED) is 0.805. The van der Waals surface area contributed by atoms with E-state index < -0.39 is 0 Å². The van der Waals surface area contributed by atoms with E-state index in [1.807, 2.05) is 6.07 Å². The number of methoxy groups -OCH3 is 1. The molecule has 0 spiro atoms. The van der Waals surface area contributed by atoms with Crippen molar-refractivity contribution < 1.29 is 4.74 Å². The summed E-state index contributed by atoms with van der Waals surface area (Å²) in [6, 6.07) is 6.95. The molecule has 0 atom stereocenters. The highest BCUT2D eigenvalue weighted by Gasteiger charge is 2.18. The molecule has 1 aliphatic rings. The average molecular weight is 355 g/mol. The van der Waals surface area contributed by atoms with Crippen LogP contribution >= 0.6 is 15.9 Å². The average Bonchev–Trinajstić information content (AvgIpc) is 2.52. The number of hydrogen-bond donors (Lipinski definition) is 1. The minimum absolute atomic E-state index is 0.656. The molecule has 1 aromatic carbocycles. The SMILES string of the molecule is CCCCN1CCC(NCc2ccc(OC)c(Br)c2)CC1. The molecule has 1 aliphatic heterocycles. The molecule has 3 nitrogen and oxygen atoms in total. The Labute approximate surface area is 137 Å². The van der Waals surface area contributed by atoms with Crippen LogP contribution in [0.5, 0.6) is 5.75 Å². The Hall–Kier alpha value is -0.580. The van der Waals surface area contributed by atoms with Crippen molar-refractivity contribution in [3.8, 4) is 5.75 Å². The van der Waals surface area contributed by atoms with Crippen LogP contribution in [0.15, 0.2) is 22.7 Å². The fourth-order valence-corrected chi connectivity index (χ4v) is 3.41. The van der Waals surface area contributed by atoms with Crippen LogP contribution in [-0.4, -0.2) is 37.7 Å². The normalized spacial score (nSPS) is 17.1. The Bertz CT molecular complexity index is 431. The van der Waals surface area contributed by atoms with Crippen molar-refractivity contribution in [2.24, 2.45) is 0 Å². The zero-order valence-corrected chi connectivity index (χ0v) is 14.8. The van der Waals surface area contributed by atoms with Crippen LogP contribution in [0.25, 0.3) is 0 Å². The Morgan fingerprint density at radius 1 is 1.33 bits per heavy atom. The van der Waals surface area contributed by atoms with Crippen LogP contribution in [-0.2, 0) is 6.54 Å². The van der Waals surface area contributed by atoms with Crippen LogP contribution < -0.4 is 10.1 Å². The minimum atomic E-state index is 0.656. The van der Waals surface area contributed by atoms with E-state index in [0.717, 1.165) is 16.8 Å². The van der Waals surface area contributed by atoms with Crippen molar-refractivity contribution in [2.75, 3.05) is 26.7 Å². The van der Waals surface area contributed by atoms with Gasteiger partial charge >= 0.3 is 0 Å². The summed E-state index contributed by atoms with van der Waals surface area (Å²) in [6.07, 6.45) is 5.16. The molecule has 0 bridgehead atoms. The van der Waals surface area contributed by atoms with Crippen LogP contribution in [0.2, 0.25) is 0 Å². The number of hydrogen-bond acceptors (Lipinski definition) is 3. The fraction of sp³-hybridized carbons (Fsp3) is 0.647. The van der Waals surface area contributed by atoms with Gasteiger partial charge in [0.1, 0.15) is 5.75 Å². The summed E-state index contributed by atoms with van der Waals surface area (Å²) in [6.45, 7) is 6.95. The third-order valence-electron chi connectivity index (χ3n) is 4.23. The molecule has 0 aromatic heterocycles. The monoisotopic (exact) mass is 354 g/mol. The zero-order valence-electron chi connectivity index (χ0n) is 13.2. The van der Waals surface area contributed by atoms with Gasteiger partial charge in [0, 0.05) is 12.6 Å². The van der Waals surface area contributed by atoms with E-state index >= 15 is 0 Å². The summed E-state index contributed by atoms with van der Waals surface area (Å²) in [4.78, 5) is 2.60. The number of rotatable bonds is 7. The second-order valence-electron chi connectivity index (χ2n) is 5.82. The molecular weight excluding hydrogens is 328 g/mol. The Morgan fingerprint density at radius 3 is 2.71 bits per heavy atom. The fourth-order valence-electron chi connectivity index (χ4n) is 2.82. The van der Waals surface area contributed by atoms with Crippen molar-refractivity contribution in [3.05, 3.63) is 28.2 Å². The van der Waals surface area contributed by atoms with Gasteiger partial charge in [0.15, 0.2) is 0 Å². The number of nitrogens with one attached hydrogen (secondary N) is 1. The Kier molecular flexibility index (Phi) is 7.00. The summed E-state index contributed by atoms with van der Waals surface area (Å²) in [5.41, 5.74) is 1.30. The van der Waals surface area contributed by atoms with Gasteiger partial charge in [-0.1, -0.05) is 19.4 Å². The predicted molar refractivity (Wildman–Crippen MR) is 91.9 cm³/mol. The smallest absolute Gasteiger partial charge is 0.133 e. The highest BCUT2D eigenvalue weighted by molar-refractivity contribution is 9.10. The van der Waals surface area contributed by atoms with Gasteiger partial charge in [-0.25, -0.2) is 0 Å². The lowest BCUT2D eigenvalue weighted by molar-refractivity contribution is 0.195. The van der Waals surface area contributed by atoms with Gasteiger partial charge < -0.3 is 15.0 Å². The van der Waals surface area contributed by atoms with Gasteiger partial charge in [-0.3, -0.25) is 0 Å². The van der Waals surface area contributed by atoms with Crippen molar-refractivity contribution in [2.45, 2.75) is 45.2 Å². The van der Waals surface area contributed by atoms with Gasteiger partial charge in [-0.05, 0) is 72.5 Å². The van der Waals surface area contributed by atoms with E-state index in [-0.39, 0.29) is 0 Å². The van der Waals surface area contributed by atoms with Gasteiger partial charge in [0.25, 0.3) is 0 Å². The molecule has 21 heavy (non-hydrogen) atoms. The maximum atomic E-state index is 5.27. The number of likely N-dealkylation sites (tertiary alicyclic amines) is 1. The third-order valence-corrected chi connectivity index (χ3v) is 4.85. The number of halogens is 1. The Balaban J connectivity index is 1.73. The molecule has 0 amide bonds. The van der Waals surface area contributed by atoms with Gasteiger partial charge in [-0.15, -0.1) is 0 Å². The van der Waals surface area contributed by atoms with Crippen molar-refractivity contribution in [3.63, 3.8) is 0 Å². The molecule has 1 saturated heterocycles. The highest BCUT2D eigenvalue weighted by atomic mass is 79.9. The third kappa shape index (κ3) is 5.28. The van der Waals surface area contributed by atoms with Crippen molar-refractivity contribution in [1.29, 1.82) is 0 Å². The maximum absolute atomic E-state index is 5.27. The molecule has 2 rings (SSSR count). The van der Waals surface area contributed by atoms with Crippen molar-refractivity contribution in [1.82, 2.24) is 10.2 Å². The summed E-state index contributed by atoms with van der Waals surface area (Å²) in [5.74, 6) is 0.892. The molecule has 4 heteroatoms. The second kappa shape index (κ2) is 8.76. The van der Waals surface area contributed by atoms with Gasteiger partial charge in [0.05, 0.1) is 11.6 Å². The van der Waals surface area contributed by atoms with E-state index in [2.05, 4.69) is 45.2 Å². The first-order chi connectivity index (χ1) is 10.2. The molecule has 1 fully saturated rings. The molecule has 1 N–H and O–H groups in total. The first kappa shape index (κ1) is 16.8. The standard InChI is InChI=1S/C17H27BrN2O/c1-3-4-9-20-10-7-15(8-11-20)19-13-14-5-6-17(21-2)16(18)12-14/h5-6,12,15,19H,3-4,7-11,13H2,1-2H3. The number of nitrogens with zero attached hydrogens (tertiary/aromatic N) is 1. The number of ether oxygens (including phenoxy) is 1. The van der Waals surface area contributed by atoms with Gasteiger partial charge in [-0.2, -0.15) is 0 Å². The highest BCUT2D eigenvalue weighted by Crippen LogP contribution is 2.25. The van der Waals surface area contributed by atoms with Gasteiger partial charge in [0.2, 0.25) is 0 Å². The molecule has 0 unspecified atom stereocenters. The molecule has 1 aromatic rings. The molecule has 0 aliphatic carbocycles. The lowest BCUT2D eigenvalue weighted by Gasteiger charge is -2.32. The van der Waals surface area contributed by atoms with Crippen LogP contribution in [0.1, 0.15) is 38.2 Å². The van der Waals surface area contributed by atoms with E-state index in [9.17, 15) is 0 Å². The lowest BCUT2D eigenvalue weighted by atomic mass is 10.0. The van der Waals surface area contributed by atoms with E-state index in [1.54, 1.807) is 7.11 Å². The number of unbranched alkanes of at least 4 members (excludes halogenated alkanes) is 1.